The molecule has 0 saturated carbocycles. The standard InChI is InChI=1S/C66H43N3/c1-3-18-52(19-4-1)68-61-24-12-17-48-16-11-23-59(65(48)61)58-39-37-56(43-64(58)68)67(54-33-27-45(28-34-54)50-26-25-44-13-7-8-15-49(44)41-50)55-35-29-46(30-36-55)51-31-38-60-63(42-51)69(53-20-5-2-6-21-53)62-40-32-47-14-9-10-22-57(47)66(60)62/h1-43H. The molecule has 0 unspecified atom stereocenters. The Balaban J connectivity index is 0.917. The van der Waals surface area contributed by atoms with Crippen LogP contribution in [-0.2, 0) is 0 Å². The van der Waals surface area contributed by atoms with Crippen LogP contribution in [0.3, 0.4) is 0 Å². The first kappa shape index (κ1) is 39.0. The molecule has 3 heteroatoms. The van der Waals surface area contributed by atoms with Crippen molar-refractivity contribution in [3.05, 3.63) is 261 Å². The van der Waals surface area contributed by atoms with Gasteiger partial charge in [-0.3, -0.25) is 0 Å². The fraction of sp³-hybridized carbons (Fsp3) is 0. The van der Waals surface area contributed by atoms with Crippen LogP contribution >= 0.6 is 0 Å². The summed E-state index contributed by atoms with van der Waals surface area (Å²) in [5.41, 5.74) is 17.4. The van der Waals surface area contributed by atoms with Crippen LogP contribution < -0.4 is 9.80 Å². The number of anilines is 6. The summed E-state index contributed by atoms with van der Waals surface area (Å²) in [5.74, 6) is 0. The molecule has 14 rings (SSSR count). The summed E-state index contributed by atoms with van der Waals surface area (Å²) < 4.78 is 2.42. The molecule has 0 spiro atoms. The Labute approximate surface area is 400 Å². The molecule has 69 heavy (non-hydrogen) atoms. The molecule has 0 bridgehead atoms. The van der Waals surface area contributed by atoms with Crippen molar-refractivity contribution >= 4 is 88.2 Å². The first-order valence-corrected chi connectivity index (χ1v) is 23.7. The molecule has 0 atom stereocenters. The Morgan fingerprint density at radius 2 is 0.855 bits per heavy atom. The lowest BCUT2D eigenvalue weighted by Crippen LogP contribution is -2.16. The van der Waals surface area contributed by atoms with Crippen LogP contribution in [0.5, 0.6) is 0 Å². The lowest BCUT2D eigenvalue weighted by molar-refractivity contribution is 1.18. The molecule has 0 aliphatic carbocycles. The molecule has 0 amide bonds. The topological polar surface area (TPSA) is 11.4 Å². The van der Waals surface area contributed by atoms with E-state index in [4.69, 9.17) is 0 Å². The number of hydrogen-bond acceptors (Lipinski definition) is 2. The SMILES string of the molecule is c1ccc(N2c3cc(N(c4ccc(-c5ccc6ccccc6c5)cc4)c4ccc(-c5ccc6c7c8ccccc8ccc7n(-c7ccccc7)c6c5)cc4)ccc3-c3cccc4cccc2c34)cc1. The number of benzene rings is 12. The van der Waals surface area contributed by atoms with Crippen molar-refractivity contribution in [1.82, 2.24) is 4.57 Å². The van der Waals surface area contributed by atoms with Crippen LogP contribution in [0.4, 0.5) is 34.1 Å². The van der Waals surface area contributed by atoms with Crippen LogP contribution in [0.2, 0.25) is 0 Å². The Bertz CT molecular complexity index is 4110. The maximum atomic E-state index is 2.44. The third-order valence-corrected chi connectivity index (χ3v) is 14.2. The highest BCUT2D eigenvalue weighted by atomic mass is 15.2. The van der Waals surface area contributed by atoms with Crippen LogP contribution in [0, 0.1) is 0 Å². The Hall–Kier alpha value is -9.18. The number of hydrogen-bond donors (Lipinski definition) is 0. The number of rotatable bonds is 7. The minimum Gasteiger partial charge on any atom is -0.310 e. The Morgan fingerprint density at radius 3 is 1.61 bits per heavy atom. The predicted molar refractivity (Wildman–Crippen MR) is 293 cm³/mol. The Kier molecular flexibility index (Phi) is 8.90. The molecule has 0 saturated heterocycles. The van der Waals surface area contributed by atoms with Gasteiger partial charge >= 0.3 is 0 Å². The second kappa shape index (κ2) is 15.7. The van der Waals surface area contributed by atoms with Crippen molar-refractivity contribution in [2.75, 3.05) is 9.80 Å². The van der Waals surface area contributed by atoms with Crippen molar-refractivity contribution in [3.63, 3.8) is 0 Å². The van der Waals surface area contributed by atoms with Gasteiger partial charge in [-0.2, -0.15) is 0 Å². The van der Waals surface area contributed by atoms with Crippen molar-refractivity contribution in [2.45, 2.75) is 0 Å². The summed E-state index contributed by atoms with van der Waals surface area (Å²) in [6, 6.07) is 95.6. The molecule has 13 aromatic rings. The van der Waals surface area contributed by atoms with Crippen molar-refractivity contribution in [1.29, 1.82) is 0 Å². The first-order valence-electron chi connectivity index (χ1n) is 23.7. The molecular weight excluding hydrogens is 835 g/mol. The van der Waals surface area contributed by atoms with Crippen LogP contribution in [-0.4, -0.2) is 4.57 Å². The smallest absolute Gasteiger partial charge is 0.0561 e. The zero-order chi connectivity index (χ0) is 45.4. The summed E-state index contributed by atoms with van der Waals surface area (Å²) in [5, 5.41) is 10.1. The second-order valence-corrected chi connectivity index (χ2v) is 18.1. The fourth-order valence-electron chi connectivity index (χ4n) is 11.0. The van der Waals surface area contributed by atoms with E-state index in [0.29, 0.717) is 0 Å². The monoisotopic (exact) mass is 877 g/mol. The second-order valence-electron chi connectivity index (χ2n) is 18.1. The van der Waals surface area contributed by atoms with Gasteiger partial charge in [0.1, 0.15) is 0 Å². The summed E-state index contributed by atoms with van der Waals surface area (Å²) in [6.07, 6.45) is 0. The maximum absolute atomic E-state index is 2.44. The van der Waals surface area contributed by atoms with Gasteiger partial charge in [-0.15, -0.1) is 0 Å². The van der Waals surface area contributed by atoms with Crippen molar-refractivity contribution in [2.24, 2.45) is 0 Å². The molecule has 1 aromatic heterocycles. The zero-order valence-corrected chi connectivity index (χ0v) is 37.7. The highest BCUT2D eigenvalue weighted by molar-refractivity contribution is 6.22. The summed E-state index contributed by atoms with van der Waals surface area (Å²) in [6.45, 7) is 0. The van der Waals surface area contributed by atoms with Gasteiger partial charge in [0.25, 0.3) is 0 Å². The number of aromatic nitrogens is 1. The maximum Gasteiger partial charge on any atom is 0.0561 e. The van der Waals surface area contributed by atoms with Gasteiger partial charge in [-0.1, -0.05) is 176 Å². The van der Waals surface area contributed by atoms with Gasteiger partial charge in [0.2, 0.25) is 0 Å². The molecular formula is C66H43N3. The summed E-state index contributed by atoms with van der Waals surface area (Å²) in [7, 11) is 0. The molecule has 1 aliphatic rings. The molecule has 0 fully saturated rings. The predicted octanol–water partition coefficient (Wildman–Crippen LogP) is 18.5. The fourth-order valence-corrected chi connectivity index (χ4v) is 11.0. The molecule has 3 nitrogen and oxygen atoms in total. The van der Waals surface area contributed by atoms with Gasteiger partial charge in [-0.25, -0.2) is 0 Å². The van der Waals surface area contributed by atoms with Gasteiger partial charge < -0.3 is 14.4 Å². The molecule has 12 aromatic carbocycles. The van der Waals surface area contributed by atoms with Crippen LogP contribution in [0.15, 0.2) is 261 Å². The first-order chi connectivity index (χ1) is 34.2. The third-order valence-electron chi connectivity index (χ3n) is 14.2. The van der Waals surface area contributed by atoms with Crippen LogP contribution in [0.25, 0.3) is 93.2 Å². The quantitative estimate of drug-likeness (QED) is 0.158. The van der Waals surface area contributed by atoms with E-state index in [9.17, 15) is 0 Å². The molecule has 322 valence electrons. The van der Waals surface area contributed by atoms with Crippen LogP contribution in [0.1, 0.15) is 0 Å². The van der Waals surface area contributed by atoms with E-state index in [1.807, 2.05) is 0 Å². The van der Waals surface area contributed by atoms with Crippen molar-refractivity contribution < 1.29 is 0 Å². The Morgan fingerprint density at radius 1 is 0.275 bits per heavy atom. The number of fused-ring (bicyclic) bond motifs is 8. The van der Waals surface area contributed by atoms with E-state index in [-0.39, 0.29) is 0 Å². The minimum absolute atomic E-state index is 1.08. The number of para-hydroxylation sites is 2. The van der Waals surface area contributed by atoms with Gasteiger partial charge in [0.15, 0.2) is 0 Å². The minimum atomic E-state index is 1.08. The van der Waals surface area contributed by atoms with E-state index in [1.165, 1.54) is 87.6 Å². The highest BCUT2D eigenvalue weighted by Gasteiger charge is 2.27. The third kappa shape index (κ3) is 6.36. The molecule has 0 radical (unpaired) electrons. The molecule has 2 heterocycles. The summed E-state index contributed by atoms with van der Waals surface area (Å²) >= 11 is 0. The van der Waals surface area contributed by atoms with Gasteiger partial charge in [0, 0.05) is 50.2 Å². The van der Waals surface area contributed by atoms with Gasteiger partial charge in [-0.05, 0) is 140 Å². The number of nitrogens with zero attached hydrogens (tertiary/aromatic N) is 3. The summed E-state index contributed by atoms with van der Waals surface area (Å²) in [4.78, 5) is 4.84. The zero-order valence-electron chi connectivity index (χ0n) is 37.7. The van der Waals surface area contributed by atoms with E-state index >= 15 is 0 Å². The normalized spacial score (nSPS) is 12.0. The lowest BCUT2D eigenvalue weighted by Gasteiger charge is -2.35. The highest BCUT2D eigenvalue weighted by Crippen LogP contribution is 2.53. The van der Waals surface area contributed by atoms with E-state index in [2.05, 4.69) is 275 Å². The average molecular weight is 878 g/mol. The van der Waals surface area contributed by atoms with Crippen molar-refractivity contribution in [3.8, 4) is 39.1 Å². The average Bonchev–Trinajstić information content (AvgIpc) is 3.76. The molecule has 0 N–H and O–H groups in total. The molecule has 1 aliphatic heterocycles. The van der Waals surface area contributed by atoms with E-state index < -0.39 is 0 Å². The van der Waals surface area contributed by atoms with E-state index in [0.717, 1.165) is 39.7 Å². The lowest BCUT2D eigenvalue weighted by atomic mass is 9.90. The van der Waals surface area contributed by atoms with E-state index in [1.54, 1.807) is 0 Å². The van der Waals surface area contributed by atoms with Gasteiger partial charge in [0.05, 0.1) is 22.4 Å². The largest absolute Gasteiger partial charge is 0.310 e.